The Morgan fingerprint density at radius 2 is 2.09 bits per heavy atom. The molecule has 1 aliphatic heterocycles. The van der Waals surface area contributed by atoms with E-state index in [9.17, 15) is 9.18 Å². The predicted octanol–water partition coefficient (Wildman–Crippen LogP) is 3.58. The third-order valence-electron chi connectivity index (χ3n) is 5.54. The second-order valence-electron chi connectivity index (χ2n) is 7.50. The number of ether oxygens (including phenoxy) is 1. The summed E-state index contributed by atoms with van der Waals surface area (Å²) in [6.45, 7) is 4.42. The molecule has 11 heteroatoms. The minimum absolute atomic E-state index is 0.0425. The Morgan fingerprint density at radius 3 is 2.82 bits per heavy atom. The number of halogens is 2. The number of likely N-dealkylation sites (tertiary alicyclic amines) is 1. The number of benzene rings is 2. The second-order valence-corrected chi connectivity index (χ2v) is 8.53. The molecule has 0 atom stereocenters. The fraction of sp³-hybridized carbons (Fsp3) is 0.182. The molecule has 0 bridgehead atoms. The van der Waals surface area contributed by atoms with Gasteiger partial charge in [0.1, 0.15) is 29.2 Å². The predicted molar refractivity (Wildman–Crippen MR) is 123 cm³/mol. The molecule has 0 spiro atoms. The number of aromatic nitrogens is 3. The maximum absolute atomic E-state index is 15.7. The zero-order valence-corrected chi connectivity index (χ0v) is 18.2. The maximum Gasteiger partial charge on any atom is 0.246 e. The van der Waals surface area contributed by atoms with Crippen molar-refractivity contribution < 1.29 is 18.3 Å². The Kier molecular flexibility index (Phi) is 5.05. The minimum Gasteiger partial charge on any atom is -0.496 e. The number of nitrogens with one attached hydrogen (secondary N) is 1. The number of amides is 1. The van der Waals surface area contributed by atoms with Crippen molar-refractivity contribution in [2.75, 3.05) is 31.2 Å². The number of hydrogen-bond acceptors (Lipinski definition) is 8. The Hall–Kier alpha value is -3.86. The molecule has 0 unspecified atom stereocenters. The van der Waals surface area contributed by atoms with E-state index < -0.39 is 11.6 Å². The molecule has 2 aromatic heterocycles. The average Bonchev–Trinajstić information content (AvgIpc) is 3.19. The molecular formula is C22H18F2N6O2S. The molecule has 33 heavy (non-hydrogen) atoms. The number of anilines is 2. The third-order valence-corrected chi connectivity index (χ3v) is 6.44. The van der Waals surface area contributed by atoms with Crippen LogP contribution in [0.25, 0.3) is 32.2 Å². The van der Waals surface area contributed by atoms with Crippen LogP contribution in [0.1, 0.15) is 0 Å². The van der Waals surface area contributed by atoms with Gasteiger partial charge >= 0.3 is 0 Å². The first-order valence-electron chi connectivity index (χ1n) is 9.95. The maximum atomic E-state index is 15.7. The molecule has 1 aliphatic rings. The SMILES string of the molecule is C=CC(=O)N1CC(Nc2ncnc3c(F)c(-c4ccc(F)c5sc(N)nc45)cc(OC)c23)C1. The van der Waals surface area contributed by atoms with Crippen molar-refractivity contribution in [2.24, 2.45) is 0 Å². The smallest absolute Gasteiger partial charge is 0.246 e. The van der Waals surface area contributed by atoms with Gasteiger partial charge in [-0.15, -0.1) is 0 Å². The Balaban J connectivity index is 1.61. The van der Waals surface area contributed by atoms with Gasteiger partial charge in [0.05, 0.1) is 28.8 Å². The van der Waals surface area contributed by atoms with E-state index in [0.29, 0.717) is 35.6 Å². The lowest BCUT2D eigenvalue weighted by Crippen LogP contribution is -2.56. The van der Waals surface area contributed by atoms with E-state index in [2.05, 4.69) is 26.8 Å². The topological polar surface area (TPSA) is 106 Å². The number of fused-ring (bicyclic) bond motifs is 2. The van der Waals surface area contributed by atoms with Crippen molar-refractivity contribution in [3.05, 3.63) is 48.8 Å². The van der Waals surface area contributed by atoms with Gasteiger partial charge in [-0.25, -0.2) is 23.7 Å². The molecule has 0 aliphatic carbocycles. The van der Waals surface area contributed by atoms with E-state index in [-0.39, 0.29) is 38.4 Å². The lowest BCUT2D eigenvalue weighted by Gasteiger charge is -2.39. The van der Waals surface area contributed by atoms with Gasteiger partial charge in [0.25, 0.3) is 0 Å². The third kappa shape index (κ3) is 3.41. The van der Waals surface area contributed by atoms with Gasteiger partial charge in [0.2, 0.25) is 5.91 Å². The molecule has 0 radical (unpaired) electrons. The quantitative estimate of drug-likeness (QED) is 0.431. The fourth-order valence-electron chi connectivity index (χ4n) is 3.93. The van der Waals surface area contributed by atoms with Gasteiger partial charge in [-0.3, -0.25) is 4.79 Å². The summed E-state index contributed by atoms with van der Waals surface area (Å²) in [4.78, 5) is 25.9. The highest BCUT2D eigenvalue weighted by molar-refractivity contribution is 7.22. The molecule has 4 aromatic rings. The van der Waals surface area contributed by atoms with Crippen molar-refractivity contribution in [2.45, 2.75) is 6.04 Å². The molecule has 3 heterocycles. The molecule has 1 fully saturated rings. The molecule has 0 saturated carbocycles. The van der Waals surface area contributed by atoms with Crippen LogP contribution in [-0.4, -0.2) is 52.0 Å². The molecule has 1 saturated heterocycles. The second kappa shape index (κ2) is 7.93. The summed E-state index contributed by atoms with van der Waals surface area (Å²) in [5.41, 5.74) is 6.62. The highest BCUT2D eigenvalue weighted by atomic mass is 32.1. The van der Waals surface area contributed by atoms with Crippen LogP contribution in [0.3, 0.4) is 0 Å². The highest BCUT2D eigenvalue weighted by Crippen LogP contribution is 2.41. The number of carbonyl (C=O) groups excluding carboxylic acids is 1. The van der Waals surface area contributed by atoms with Crippen molar-refractivity contribution in [1.82, 2.24) is 19.9 Å². The molecule has 2 aromatic carbocycles. The van der Waals surface area contributed by atoms with Gasteiger partial charge in [-0.2, -0.15) is 0 Å². The van der Waals surface area contributed by atoms with Crippen LogP contribution in [0.5, 0.6) is 5.75 Å². The monoisotopic (exact) mass is 468 g/mol. The van der Waals surface area contributed by atoms with E-state index >= 15 is 4.39 Å². The average molecular weight is 468 g/mol. The summed E-state index contributed by atoms with van der Waals surface area (Å²) in [6, 6.07) is 4.17. The van der Waals surface area contributed by atoms with Gasteiger partial charge in [-0.1, -0.05) is 17.9 Å². The summed E-state index contributed by atoms with van der Waals surface area (Å²) >= 11 is 0.997. The number of nitrogens with two attached hydrogens (primary N) is 1. The first-order chi connectivity index (χ1) is 15.9. The zero-order valence-electron chi connectivity index (χ0n) is 17.4. The summed E-state index contributed by atoms with van der Waals surface area (Å²) in [6.07, 6.45) is 2.52. The molecule has 3 N–H and O–H groups in total. The molecule has 8 nitrogen and oxygen atoms in total. The van der Waals surface area contributed by atoms with E-state index in [1.54, 1.807) is 4.90 Å². The van der Waals surface area contributed by atoms with E-state index in [1.807, 2.05) is 0 Å². The minimum atomic E-state index is -0.618. The Bertz CT molecular complexity index is 1430. The van der Waals surface area contributed by atoms with Gasteiger partial charge in [0.15, 0.2) is 10.9 Å². The van der Waals surface area contributed by atoms with Crippen LogP contribution in [-0.2, 0) is 4.79 Å². The van der Waals surface area contributed by atoms with Crippen molar-refractivity contribution >= 4 is 49.3 Å². The van der Waals surface area contributed by atoms with Crippen LogP contribution < -0.4 is 15.8 Å². The standard InChI is InChI=1S/C22H18F2N6O2S/c1-3-15(31)30-7-10(8-30)28-21-16-14(32-2)6-12(17(24)19(16)26-9-27-21)11-4-5-13(23)20-18(11)29-22(25)33-20/h3-6,9-10H,1,7-8H2,2H3,(H2,25,29)(H,26,27,28). The van der Waals surface area contributed by atoms with Crippen molar-refractivity contribution in [3.8, 4) is 16.9 Å². The highest BCUT2D eigenvalue weighted by Gasteiger charge is 2.30. The van der Waals surface area contributed by atoms with Crippen LogP contribution in [0.15, 0.2) is 37.2 Å². The van der Waals surface area contributed by atoms with Crippen LogP contribution in [0, 0.1) is 11.6 Å². The molecular weight excluding hydrogens is 450 g/mol. The number of hydrogen-bond donors (Lipinski definition) is 2. The lowest BCUT2D eigenvalue weighted by molar-refractivity contribution is -0.129. The number of thiazole rings is 1. The largest absolute Gasteiger partial charge is 0.496 e. The lowest BCUT2D eigenvalue weighted by atomic mass is 10.0. The first-order valence-corrected chi connectivity index (χ1v) is 10.8. The van der Waals surface area contributed by atoms with E-state index in [4.69, 9.17) is 10.5 Å². The number of methoxy groups -OCH3 is 1. The summed E-state index contributed by atoms with van der Waals surface area (Å²) in [5, 5.41) is 3.78. The Labute approximate surface area is 190 Å². The number of nitrogen functional groups attached to an aromatic ring is 1. The van der Waals surface area contributed by atoms with Gasteiger partial charge < -0.3 is 20.7 Å². The fourth-order valence-corrected chi connectivity index (χ4v) is 4.69. The molecule has 168 valence electrons. The normalized spacial score (nSPS) is 13.8. The molecule has 1 amide bonds. The summed E-state index contributed by atoms with van der Waals surface area (Å²) in [5.74, 6) is -0.520. The van der Waals surface area contributed by atoms with Gasteiger partial charge in [-0.05, 0) is 24.3 Å². The Morgan fingerprint density at radius 1 is 1.30 bits per heavy atom. The van der Waals surface area contributed by atoms with E-state index in [0.717, 1.165) is 11.3 Å². The van der Waals surface area contributed by atoms with Crippen molar-refractivity contribution in [1.29, 1.82) is 0 Å². The first kappa shape index (κ1) is 21.0. The summed E-state index contributed by atoms with van der Waals surface area (Å²) < 4.78 is 35.8. The van der Waals surface area contributed by atoms with Gasteiger partial charge in [0, 0.05) is 24.2 Å². The van der Waals surface area contributed by atoms with Crippen LogP contribution in [0.4, 0.5) is 19.7 Å². The van der Waals surface area contributed by atoms with Crippen molar-refractivity contribution in [3.63, 3.8) is 0 Å². The number of nitrogens with zero attached hydrogens (tertiary/aromatic N) is 4. The number of rotatable bonds is 5. The van der Waals surface area contributed by atoms with E-state index in [1.165, 1.54) is 37.7 Å². The molecule has 5 rings (SSSR count). The summed E-state index contributed by atoms with van der Waals surface area (Å²) in [7, 11) is 1.46. The zero-order chi connectivity index (χ0) is 23.3. The van der Waals surface area contributed by atoms with Crippen LogP contribution >= 0.6 is 11.3 Å². The van der Waals surface area contributed by atoms with Crippen LogP contribution in [0.2, 0.25) is 0 Å². The number of carbonyl (C=O) groups is 1.